The van der Waals surface area contributed by atoms with Crippen molar-refractivity contribution >= 4 is 67.4 Å². The first-order valence-electron chi connectivity index (χ1n) is 8.88. The Bertz CT molecular complexity index is 1130. The second-order valence-electron chi connectivity index (χ2n) is 6.45. The highest BCUT2D eigenvalue weighted by atomic mass is 79.9. The topological polar surface area (TPSA) is 102 Å². The Hall–Kier alpha value is -2.98. The monoisotopic (exact) mass is 550 g/mol. The van der Waals surface area contributed by atoms with Crippen molar-refractivity contribution in [2.45, 2.75) is 6.92 Å². The fourth-order valence-corrected chi connectivity index (χ4v) is 3.50. The van der Waals surface area contributed by atoms with Gasteiger partial charge in [0.1, 0.15) is 11.3 Å². The van der Waals surface area contributed by atoms with E-state index in [4.69, 9.17) is 4.74 Å². The van der Waals surface area contributed by atoms with Crippen molar-refractivity contribution in [2.75, 3.05) is 18.6 Å². The zero-order valence-corrected chi connectivity index (χ0v) is 19.6. The summed E-state index contributed by atoms with van der Waals surface area (Å²) in [6, 6.07) is 8.97. The van der Waals surface area contributed by atoms with E-state index in [0.717, 1.165) is 14.9 Å². The van der Waals surface area contributed by atoms with Gasteiger partial charge < -0.3 is 9.47 Å². The van der Waals surface area contributed by atoms with Crippen LogP contribution in [-0.4, -0.2) is 37.5 Å². The number of nitrogens with zero attached hydrogens (tertiary/aromatic N) is 1. The number of hydrogen-bond donors (Lipinski definition) is 1. The summed E-state index contributed by atoms with van der Waals surface area (Å²) in [7, 11) is 1.26. The number of halogens is 2. The number of esters is 1. The minimum absolute atomic E-state index is 0.199. The molecule has 1 fully saturated rings. The molecule has 10 heteroatoms. The molecule has 1 N–H and O–H groups in total. The number of barbiturate groups is 1. The summed E-state index contributed by atoms with van der Waals surface area (Å²) in [6.45, 7) is 1.56. The highest BCUT2D eigenvalue weighted by molar-refractivity contribution is 9.10. The third kappa shape index (κ3) is 5.02. The first kappa shape index (κ1) is 22.7. The van der Waals surface area contributed by atoms with Gasteiger partial charge >= 0.3 is 12.0 Å². The van der Waals surface area contributed by atoms with Gasteiger partial charge in [-0.3, -0.25) is 14.9 Å². The molecule has 0 aliphatic carbocycles. The molecule has 0 atom stereocenters. The van der Waals surface area contributed by atoms with E-state index in [2.05, 4.69) is 41.9 Å². The van der Waals surface area contributed by atoms with Crippen LogP contribution in [-0.2, 0) is 19.1 Å². The van der Waals surface area contributed by atoms with Gasteiger partial charge in [0.25, 0.3) is 11.8 Å². The van der Waals surface area contributed by atoms with Gasteiger partial charge in [0.05, 0.1) is 17.3 Å². The Labute approximate surface area is 194 Å². The molecule has 1 heterocycles. The Morgan fingerprint density at radius 2 is 1.84 bits per heavy atom. The molecule has 8 nitrogen and oxygen atoms in total. The third-order valence-electron chi connectivity index (χ3n) is 4.34. The molecule has 160 valence electrons. The van der Waals surface area contributed by atoms with Gasteiger partial charge in [-0.25, -0.2) is 14.5 Å². The summed E-state index contributed by atoms with van der Waals surface area (Å²) in [6.07, 6.45) is 1.37. The standard InChI is InChI=1S/C21H16Br2N2O6/c1-11-7-13(4-5-15(11)22)25-20(28)14(19(27)24-21(25)29)8-12-3-6-17(16(23)9-12)31-10-18(26)30-2/h3-9H,10H2,1-2H3,(H,24,27,29)/b14-8+. The number of anilines is 1. The lowest BCUT2D eigenvalue weighted by Crippen LogP contribution is -2.54. The first-order valence-corrected chi connectivity index (χ1v) is 10.5. The Morgan fingerprint density at radius 3 is 2.48 bits per heavy atom. The largest absolute Gasteiger partial charge is 0.481 e. The smallest absolute Gasteiger partial charge is 0.343 e. The van der Waals surface area contributed by atoms with E-state index < -0.39 is 23.8 Å². The number of amides is 4. The summed E-state index contributed by atoms with van der Waals surface area (Å²) in [5.74, 6) is -1.68. The number of urea groups is 1. The molecule has 0 unspecified atom stereocenters. The van der Waals surface area contributed by atoms with Gasteiger partial charge in [-0.2, -0.15) is 0 Å². The van der Waals surface area contributed by atoms with Gasteiger partial charge in [0.2, 0.25) is 0 Å². The van der Waals surface area contributed by atoms with Gasteiger partial charge in [-0.05, 0) is 70.4 Å². The molecule has 31 heavy (non-hydrogen) atoms. The molecule has 0 saturated carbocycles. The molecular formula is C21H16Br2N2O6. The molecule has 3 rings (SSSR count). The number of aryl methyl sites for hydroxylation is 1. The van der Waals surface area contributed by atoms with Crippen molar-refractivity contribution in [2.24, 2.45) is 0 Å². The molecule has 2 aromatic rings. The lowest BCUT2D eigenvalue weighted by molar-refractivity contribution is -0.143. The Balaban J connectivity index is 1.90. The average molecular weight is 552 g/mol. The number of benzene rings is 2. The van der Waals surface area contributed by atoms with Crippen LogP contribution in [0.1, 0.15) is 11.1 Å². The van der Waals surface area contributed by atoms with Gasteiger partial charge in [-0.15, -0.1) is 0 Å². The van der Waals surface area contributed by atoms with Crippen LogP contribution in [0.25, 0.3) is 6.08 Å². The fraction of sp³-hybridized carbons (Fsp3) is 0.143. The summed E-state index contributed by atoms with van der Waals surface area (Å²) in [5.41, 5.74) is 1.48. The maximum atomic E-state index is 13.0. The van der Waals surface area contributed by atoms with E-state index in [1.807, 2.05) is 6.92 Å². The summed E-state index contributed by atoms with van der Waals surface area (Å²) in [4.78, 5) is 49.8. The van der Waals surface area contributed by atoms with E-state index in [0.29, 0.717) is 21.5 Å². The van der Waals surface area contributed by atoms with Crippen molar-refractivity contribution < 1.29 is 28.7 Å². The number of carbonyl (C=O) groups is 4. The van der Waals surface area contributed by atoms with E-state index in [-0.39, 0.29) is 12.2 Å². The van der Waals surface area contributed by atoms with Crippen LogP contribution in [0.5, 0.6) is 5.75 Å². The summed E-state index contributed by atoms with van der Waals surface area (Å²) < 4.78 is 11.2. The third-order valence-corrected chi connectivity index (χ3v) is 5.85. The van der Waals surface area contributed by atoms with Crippen molar-refractivity contribution in [3.8, 4) is 5.75 Å². The minimum Gasteiger partial charge on any atom is -0.481 e. The number of carbonyl (C=O) groups excluding carboxylic acids is 4. The van der Waals surface area contributed by atoms with Crippen LogP contribution in [0.15, 0.2) is 50.9 Å². The Morgan fingerprint density at radius 1 is 1.10 bits per heavy atom. The highest BCUT2D eigenvalue weighted by Gasteiger charge is 2.36. The second kappa shape index (κ2) is 9.44. The van der Waals surface area contributed by atoms with Gasteiger partial charge in [0.15, 0.2) is 6.61 Å². The maximum absolute atomic E-state index is 13.0. The molecular weight excluding hydrogens is 536 g/mol. The lowest BCUT2D eigenvalue weighted by atomic mass is 10.1. The van der Waals surface area contributed by atoms with E-state index in [9.17, 15) is 19.2 Å². The van der Waals surface area contributed by atoms with Crippen LogP contribution in [0.4, 0.5) is 10.5 Å². The molecule has 0 spiro atoms. The average Bonchev–Trinajstić information content (AvgIpc) is 2.72. The summed E-state index contributed by atoms with van der Waals surface area (Å²) in [5, 5.41) is 2.19. The lowest BCUT2D eigenvalue weighted by Gasteiger charge is -2.26. The number of hydrogen-bond acceptors (Lipinski definition) is 6. The molecule has 1 saturated heterocycles. The fourth-order valence-electron chi connectivity index (χ4n) is 2.75. The van der Waals surface area contributed by atoms with Crippen LogP contribution in [0.3, 0.4) is 0 Å². The predicted octanol–water partition coefficient (Wildman–Crippen LogP) is 3.74. The molecule has 4 amide bonds. The number of rotatable bonds is 5. The van der Waals surface area contributed by atoms with E-state index in [1.165, 1.54) is 13.2 Å². The van der Waals surface area contributed by atoms with Crippen LogP contribution >= 0.6 is 31.9 Å². The molecule has 0 aromatic heterocycles. The number of methoxy groups -OCH3 is 1. The molecule has 1 aliphatic rings. The number of imide groups is 2. The Kier molecular flexibility index (Phi) is 6.91. The second-order valence-corrected chi connectivity index (χ2v) is 8.15. The van der Waals surface area contributed by atoms with Crippen molar-refractivity contribution in [3.05, 3.63) is 62.0 Å². The van der Waals surface area contributed by atoms with Crippen LogP contribution in [0.2, 0.25) is 0 Å². The van der Waals surface area contributed by atoms with Crippen molar-refractivity contribution in [3.63, 3.8) is 0 Å². The molecule has 1 aliphatic heterocycles. The number of nitrogens with one attached hydrogen (secondary N) is 1. The molecule has 2 aromatic carbocycles. The summed E-state index contributed by atoms with van der Waals surface area (Å²) >= 11 is 6.70. The molecule has 0 bridgehead atoms. The first-order chi connectivity index (χ1) is 14.7. The minimum atomic E-state index is -0.818. The zero-order valence-electron chi connectivity index (χ0n) is 16.4. The highest BCUT2D eigenvalue weighted by Crippen LogP contribution is 2.29. The maximum Gasteiger partial charge on any atom is 0.343 e. The van der Waals surface area contributed by atoms with E-state index in [1.54, 1.807) is 36.4 Å². The van der Waals surface area contributed by atoms with Crippen LogP contribution in [0, 0.1) is 6.92 Å². The van der Waals surface area contributed by atoms with Gasteiger partial charge in [-0.1, -0.05) is 22.0 Å². The predicted molar refractivity (Wildman–Crippen MR) is 120 cm³/mol. The van der Waals surface area contributed by atoms with E-state index >= 15 is 0 Å². The zero-order chi connectivity index (χ0) is 22.7. The quantitative estimate of drug-likeness (QED) is 0.345. The van der Waals surface area contributed by atoms with Crippen LogP contribution < -0.4 is 15.0 Å². The number of ether oxygens (including phenoxy) is 2. The molecule has 0 radical (unpaired) electrons. The van der Waals surface area contributed by atoms with Crippen molar-refractivity contribution in [1.82, 2.24) is 5.32 Å². The van der Waals surface area contributed by atoms with Crippen molar-refractivity contribution in [1.29, 1.82) is 0 Å². The SMILES string of the molecule is COC(=O)COc1ccc(/C=C2\C(=O)NC(=O)N(c3ccc(Br)c(C)c3)C2=O)cc1Br. The van der Waals surface area contributed by atoms with Gasteiger partial charge in [0, 0.05) is 4.47 Å². The normalized spacial score (nSPS) is 15.2.